The lowest BCUT2D eigenvalue weighted by Gasteiger charge is -2.16. The van der Waals surface area contributed by atoms with Gasteiger partial charge in [-0.15, -0.1) is 5.06 Å². The van der Waals surface area contributed by atoms with E-state index in [1.165, 1.54) is 7.05 Å². The van der Waals surface area contributed by atoms with Gasteiger partial charge in [0.1, 0.15) is 5.75 Å². The molecule has 0 spiro atoms. The van der Waals surface area contributed by atoms with Crippen LogP contribution in [0.15, 0.2) is 83.3 Å². The summed E-state index contributed by atoms with van der Waals surface area (Å²) in [7, 11) is 1.49. The molecule has 9 nitrogen and oxygen atoms in total. The van der Waals surface area contributed by atoms with Crippen molar-refractivity contribution in [1.29, 1.82) is 0 Å². The van der Waals surface area contributed by atoms with Crippen LogP contribution in [0.3, 0.4) is 0 Å². The smallest absolute Gasteiger partial charge is 0.488 e. The van der Waals surface area contributed by atoms with Gasteiger partial charge in [-0.1, -0.05) is 42.5 Å². The molecular weight excluding hydrogens is 511 g/mol. The number of carbonyl (C=O) groups is 1. The summed E-state index contributed by atoms with van der Waals surface area (Å²) in [5.74, 6) is 0.214. The number of carboxylic acid groups (broad SMARTS) is 1. The number of fused-ring (bicyclic) bond motifs is 3. The molecule has 5 aromatic rings. The van der Waals surface area contributed by atoms with Gasteiger partial charge in [-0.3, -0.25) is 0 Å². The van der Waals surface area contributed by atoms with Gasteiger partial charge in [0.25, 0.3) is 0 Å². The Morgan fingerprint density at radius 3 is 2.48 bits per heavy atom. The Kier molecular flexibility index (Phi) is 7.68. The molecule has 0 fully saturated rings. The highest BCUT2D eigenvalue weighted by atomic mass is 16.7. The minimum absolute atomic E-state index is 0.190. The fraction of sp³-hybridized carbons (Fsp3) is 0.133. The third-order valence-electron chi connectivity index (χ3n) is 6.79. The highest BCUT2D eigenvalue weighted by Crippen LogP contribution is 2.42. The van der Waals surface area contributed by atoms with Gasteiger partial charge in [-0.2, -0.15) is 0 Å². The first kappa shape index (κ1) is 27.1. The van der Waals surface area contributed by atoms with Crippen molar-refractivity contribution in [3.05, 3.63) is 95.6 Å². The molecule has 0 atom stereocenters. The summed E-state index contributed by atoms with van der Waals surface area (Å²) in [6, 6.07) is 23.3. The van der Waals surface area contributed by atoms with Crippen LogP contribution < -0.4 is 20.8 Å². The molecule has 0 saturated heterocycles. The number of aromatic carboxylic acids is 1. The molecule has 1 aliphatic rings. The average Bonchev–Trinajstić information content (AvgIpc) is 3.36. The standard InChI is InChI=1S/C29H22BNO7.CH5N/c1-36-19-10-11-22-26(13-19)37-27-14-25-18(12-23(27)28(22)20-7-3-4-8-21(20)29(32)33)16-31(38-25)15-17-6-2-5-9-24(17)30(34)35;1-2/h2-14,34-35H,15-16H2,1H3;2H2,1H3/p+1. The van der Waals surface area contributed by atoms with E-state index in [0.29, 0.717) is 46.8 Å². The Morgan fingerprint density at radius 2 is 1.73 bits per heavy atom. The Morgan fingerprint density at radius 1 is 1.00 bits per heavy atom. The zero-order valence-electron chi connectivity index (χ0n) is 22.0. The average molecular weight is 539 g/mol. The summed E-state index contributed by atoms with van der Waals surface area (Å²) in [6.45, 7) is 0.783. The molecule has 0 bridgehead atoms. The van der Waals surface area contributed by atoms with Crippen LogP contribution in [0.1, 0.15) is 21.5 Å². The minimum atomic E-state index is -1.58. The summed E-state index contributed by atoms with van der Waals surface area (Å²) < 4.78 is 11.7. The molecule has 1 aliphatic heterocycles. The zero-order valence-corrected chi connectivity index (χ0v) is 22.0. The van der Waals surface area contributed by atoms with Gasteiger partial charge < -0.3 is 30.5 Å². The number of benzene rings is 4. The van der Waals surface area contributed by atoms with Crippen molar-refractivity contribution >= 4 is 40.5 Å². The Balaban J connectivity index is 0.00000158. The lowest BCUT2D eigenvalue weighted by atomic mass is 9.77. The maximum atomic E-state index is 12.1. The number of rotatable bonds is 6. The second kappa shape index (κ2) is 11.3. The van der Waals surface area contributed by atoms with Gasteiger partial charge in [-0.25, -0.2) is 9.21 Å². The molecule has 202 valence electrons. The molecule has 5 N–H and O–H groups in total. The number of carboxylic acids is 1. The topological polar surface area (TPSA) is 137 Å². The van der Waals surface area contributed by atoms with Crippen molar-refractivity contribution < 1.29 is 33.9 Å². The molecule has 0 saturated carbocycles. The molecule has 6 rings (SSSR count). The fourth-order valence-corrected chi connectivity index (χ4v) is 5.03. The van der Waals surface area contributed by atoms with Crippen LogP contribution in [0, 0.1) is 0 Å². The van der Waals surface area contributed by atoms with Crippen molar-refractivity contribution in [3.63, 3.8) is 0 Å². The first-order chi connectivity index (χ1) is 19.4. The monoisotopic (exact) mass is 539 g/mol. The van der Waals surface area contributed by atoms with Crippen LogP contribution in [0.5, 0.6) is 11.5 Å². The first-order valence-corrected chi connectivity index (χ1v) is 12.6. The van der Waals surface area contributed by atoms with Crippen LogP contribution in [0.25, 0.3) is 33.1 Å². The van der Waals surface area contributed by atoms with Gasteiger partial charge in [0.2, 0.25) is 0 Å². The van der Waals surface area contributed by atoms with Crippen molar-refractivity contribution in [2.24, 2.45) is 5.73 Å². The molecule has 40 heavy (non-hydrogen) atoms. The van der Waals surface area contributed by atoms with Crippen molar-refractivity contribution in [1.82, 2.24) is 5.06 Å². The number of hydrogen-bond acceptors (Lipinski definition) is 7. The molecule has 1 aromatic heterocycles. The maximum absolute atomic E-state index is 12.1. The number of hydroxylamine groups is 2. The Bertz CT molecular complexity index is 1720. The van der Waals surface area contributed by atoms with Crippen molar-refractivity contribution in [3.8, 4) is 22.6 Å². The van der Waals surface area contributed by atoms with E-state index in [4.69, 9.17) is 14.0 Å². The summed E-state index contributed by atoms with van der Waals surface area (Å²) in [5, 5.41) is 32.7. The van der Waals surface area contributed by atoms with Gasteiger partial charge >= 0.3 is 24.3 Å². The van der Waals surface area contributed by atoms with Crippen LogP contribution in [-0.4, -0.2) is 47.5 Å². The predicted octanol–water partition coefficient (Wildman–Crippen LogP) is 3.81. The largest absolute Gasteiger partial charge is 0.496 e. The van der Waals surface area contributed by atoms with Crippen molar-refractivity contribution in [2.45, 2.75) is 13.1 Å². The van der Waals surface area contributed by atoms with E-state index < -0.39 is 13.1 Å². The highest BCUT2D eigenvalue weighted by molar-refractivity contribution is 6.59. The summed E-state index contributed by atoms with van der Waals surface area (Å²) in [4.78, 5) is 18.3. The number of hydrogen-bond donors (Lipinski definition) is 4. The van der Waals surface area contributed by atoms with E-state index in [0.717, 1.165) is 27.5 Å². The lowest BCUT2D eigenvalue weighted by molar-refractivity contribution is -0.0511. The second-order valence-corrected chi connectivity index (χ2v) is 9.11. The third kappa shape index (κ3) is 4.96. The number of nitrogens with two attached hydrogens (primary N) is 1. The van der Waals surface area contributed by atoms with E-state index >= 15 is 0 Å². The molecule has 10 heteroatoms. The van der Waals surface area contributed by atoms with E-state index in [1.807, 2.05) is 42.5 Å². The van der Waals surface area contributed by atoms with Crippen LogP contribution in [0.2, 0.25) is 0 Å². The third-order valence-corrected chi connectivity index (χ3v) is 6.79. The van der Waals surface area contributed by atoms with Crippen LogP contribution in [0.4, 0.5) is 0 Å². The van der Waals surface area contributed by atoms with Gasteiger partial charge in [0.05, 0.1) is 48.7 Å². The number of methoxy groups -OCH3 is 1. The van der Waals surface area contributed by atoms with Gasteiger partial charge in [0.15, 0.2) is 5.75 Å². The summed E-state index contributed by atoms with van der Waals surface area (Å²) in [6.07, 6.45) is 0. The zero-order chi connectivity index (χ0) is 28.4. The van der Waals surface area contributed by atoms with E-state index in [2.05, 4.69) is 5.73 Å². The minimum Gasteiger partial charge on any atom is -0.496 e. The number of nitrogens with zero attached hydrogens (tertiary/aromatic N) is 1. The fourth-order valence-electron chi connectivity index (χ4n) is 5.03. The van der Waals surface area contributed by atoms with Crippen LogP contribution >= 0.6 is 0 Å². The van der Waals surface area contributed by atoms with Gasteiger partial charge in [0, 0.05) is 11.1 Å². The Hall–Kier alpha value is -4.48. The van der Waals surface area contributed by atoms with Crippen molar-refractivity contribution in [2.75, 3.05) is 14.2 Å². The first-order valence-electron chi connectivity index (χ1n) is 12.6. The number of ether oxygens (including phenoxy) is 1. The second-order valence-electron chi connectivity index (χ2n) is 9.11. The molecule has 0 amide bonds. The molecule has 0 radical (unpaired) electrons. The molecule has 0 unspecified atom stereocenters. The van der Waals surface area contributed by atoms with Gasteiger partial charge in [-0.05, 0) is 47.9 Å². The molecule has 4 aromatic carbocycles. The molecule has 0 aliphatic carbocycles. The highest BCUT2D eigenvalue weighted by Gasteiger charge is 2.30. The molecule has 2 heterocycles. The quantitative estimate of drug-likeness (QED) is 0.144. The van der Waals surface area contributed by atoms with E-state index in [9.17, 15) is 19.9 Å². The Labute approximate surface area is 230 Å². The lowest BCUT2D eigenvalue weighted by Crippen LogP contribution is -2.35. The summed E-state index contributed by atoms with van der Waals surface area (Å²) in [5.41, 5.74) is 9.15. The van der Waals surface area contributed by atoms with E-state index in [-0.39, 0.29) is 5.56 Å². The summed E-state index contributed by atoms with van der Waals surface area (Å²) >= 11 is 0. The van der Waals surface area contributed by atoms with E-state index in [1.54, 1.807) is 48.6 Å². The van der Waals surface area contributed by atoms with Crippen LogP contribution in [-0.2, 0) is 13.1 Å². The maximum Gasteiger partial charge on any atom is 0.488 e. The SMILES string of the molecule is CN.COc1ccc2c(-c3ccccc3C(=O)O)c3cc4c(cc3[o+]c2c1)ON(Cc1ccccc1B(O)O)C4. The predicted molar refractivity (Wildman–Crippen MR) is 153 cm³/mol. The molecular formula is C30H28BN2O7+. The normalized spacial score (nSPS) is 12.4.